The second kappa shape index (κ2) is 7.91. The lowest BCUT2D eigenvalue weighted by Crippen LogP contribution is -2.40. The van der Waals surface area contributed by atoms with Crippen molar-refractivity contribution in [2.75, 3.05) is 0 Å². The number of H-pyrrole nitrogens is 1. The number of aromatic nitrogens is 4. The normalized spacial score (nSPS) is 17.8. The summed E-state index contributed by atoms with van der Waals surface area (Å²) in [4.78, 5) is 19.9. The van der Waals surface area contributed by atoms with Crippen molar-refractivity contribution >= 4 is 11.7 Å². The topological polar surface area (TPSA) is 87.1 Å². The highest BCUT2D eigenvalue weighted by molar-refractivity contribution is 6.12. The molecule has 0 saturated heterocycles. The van der Waals surface area contributed by atoms with E-state index in [1.165, 1.54) is 0 Å². The lowest BCUT2D eigenvalue weighted by atomic mass is 9.97. The van der Waals surface area contributed by atoms with Crippen LogP contribution in [0.1, 0.15) is 38.2 Å². The molecule has 31 heavy (non-hydrogen) atoms. The van der Waals surface area contributed by atoms with Crippen LogP contribution in [0.4, 0.5) is 0 Å². The van der Waals surface area contributed by atoms with Gasteiger partial charge in [-0.3, -0.25) is 14.7 Å². The van der Waals surface area contributed by atoms with Gasteiger partial charge < -0.3 is 0 Å². The molecule has 0 atom stereocenters. The summed E-state index contributed by atoms with van der Waals surface area (Å²) in [5, 5.41) is 14.3. The Morgan fingerprint density at radius 1 is 1.06 bits per heavy atom. The molecule has 7 heteroatoms. The van der Waals surface area contributed by atoms with E-state index < -0.39 is 5.54 Å². The van der Waals surface area contributed by atoms with E-state index in [0.29, 0.717) is 12.4 Å². The van der Waals surface area contributed by atoms with E-state index in [0.717, 1.165) is 53.8 Å². The number of hydrogen-bond donors (Lipinski definition) is 1. The average Bonchev–Trinajstić information content (AvgIpc) is 3.54. The monoisotopic (exact) mass is 412 g/mol. The second-order valence-electron chi connectivity index (χ2n) is 8.09. The van der Waals surface area contributed by atoms with Crippen molar-refractivity contribution in [3.8, 4) is 22.5 Å². The maximum absolute atomic E-state index is 13.2. The molecular weight excluding hydrogens is 388 g/mol. The van der Waals surface area contributed by atoms with E-state index in [2.05, 4.69) is 51.0 Å². The molecule has 1 spiro atoms. The van der Waals surface area contributed by atoms with Gasteiger partial charge in [-0.05, 0) is 53.0 Å². The number of carbonyl (C=O) groups is 1. The van der Waals surface area contributed by atoms with Crippen LogP contribution < -0.4 is 0 Å². The number of tetrazole rings is 1. The third kappa shape index (κ3) is 3.46. The zero-order chi connectivity index (χ0) is 21.3. The number of nitrogens with one attached hydrogen (secondary N) is 1. The minimum Gasteiger partial charge on any atom is -0.290 e. The molecule has 0 unspecified atom stereocenters. The van der Waals surface area contributed by atoms with E-state index >= 15 is 0 Å². The second-order valence-corrected chi connectivity index (χ2v) is 8.09. The SMILES string of the molecule is C/C=C/C1=NC2(CCCC2)C(=O)N1Cc1ccc(-c2ccccc2-c2nnn[nH]2)cc1. The molecule has 1 aliphatic heterocycles. The van der Waals surface area contributed by atoms with Crippen LogP contribution in [0.5, 0.6) is 0 Å². The molecule has 1 fully saturated rings. The molecule has 2 aliphatic rings. The highest BCUT2D eigenvalue weighted by Crippen LogP contribution is 2.39. The van der Waals surface area contributed by atoms with Crippen LogP contribution in [0.3, 0.4) is 0 Å². The molecule has 1 saturated carbocycles. The van der Waals surface area contributed by atoms with E-state index in [4.69, 9.17) is 4.99 Å². The predicted molar refractivity (Wildman–Crippen MR) is 119 cm³/mol. The predicted octanol–water partition coefficient (Wildman–Crippen LogP) is 4.16. The molecule has 2 aromatic carbocycles. The van der Waals surface area contributed by atoms with E-state index in [9.17, 15) is 4.79 Å². The van der Waals surface area contributed by atoms with Gasteiger partial charge in [-0.1, -0.05) is 67.4 Å². The van der Waals surface area contributed by atoms with Crippen molar-refractivity contribution < 1.29 is 4.79 Å². The largest absolute Gasteiger partial charge is 0.290 e. The Morgan fingerprint density at radius 2 is 1.81 bits per heavy atom. The van der Waals surface area contributed by atoms with Gasteiger partial charge in [-0.15, -0.1) is 5.10 Å². The number of benzene rings is 2. The minimum atomic E-state index is -0.529. The standard InChI is InChI=1S/C24H24N6O/c1-2-7-21-25-24(14-5-6-15-24)23(31)30(21)16-17-10-12-18(13-11-17)19-8-3-4-9-20(19)22-26-28-29-27-22/h2-4,7-13H,5-6,14-16H2,1H3,(H,26,27,28,29)/b7-2+. The number of carbonyl (C=O) groups excluding carboxylic acids is 1. The van der Waals surface area contributed by atoms with Crippen molar-refractivity contribution in [3.05, 3.63) is 66.2 Å². The smallest absolute Gasteiger partial charge is 0.256 e. The Bertz CT molecular complexity index is 1140. The van der Waals surface area contributed by atoms with Crippen LogP contribution in [0.2, 0.25) is 0 Å². The number of aliphatic imine (C=N–C) groups is 1. The highest BCUT2D eigenvalue weighted by Gasteiger charge is 2.48. The van der Waals surface area contributed by atoms with Gasteiger partial charge in [0.1, 0.15) is 11.4 Å². The summed E-state index contributed by atoms with van der Waals surface area (Å²) in [6, 6.07) is 16.3. The van der Waals surface area contributed by atoms with Crippen LogP contribution in [0.15, 0.2) is 65.7 Å². The summed E-state index contributed by atoms with van der Waals surface area (Å²) in [5.74, 6) is 1.56. The first-order valence-electron chi connectivity index (χ1n) is 10.7. The van der Waals surface area contributed by atoms with Gasteiger partial charge in [0.05, 0.1) is 6.54 Å². The van der Waals surface area contributed by atoms with Gasteiger partial charge >= 0.3 is 0 Å². The van der Waals surface area contributed by atoms with Crippen LogP contribution in [-0.4, -0.2) is 42.8 Å². The molecule has 156 valence electrons. The number of rotatable bonds is 5. The van der Waals surface area contributed by atoms with Crippen molar-refractivity contribution in [1.29, 1.82) is 0 Å². The molecule has 3 aromatic rings. The first kappa shape index (κ1) is 19.4. The van der Waals surface area contributed by atoms with Crippen molar-refractivity contribution in [3.63, 3.8) is 0 Å². The molecule has 2 heterocycles. The van der Waals surface area contributed by atoms with Gasteiger partial charge in [0.2, 0.25) is 0 Å². The summed E-state index contributed by atoms with van der Waals surface area (Å²) in [6.07, 6.45) is 7.75. The van der Waals surface area contributed by atoms with Crippen LogP contribution in [0.25, 0.3) is 22.5 Å². The Balaban J connectivity index is 1.41. The molecule has 0 bridgehead atoms. The van der Waals surface area contributed by atoms with Gasteiger partial charge in [0, 0.05) is 5.56 Å². The van der Waals surface area contributed by atoms with Gasteiger partial charge in [0.25, 0.3) is 5.91 Å². The Morgan fingerprint density at radius 3 is 2.48 bits per heavy atom. The number of amidine groups is 1. The van der Waals surface area contributed by atoms with Crippen LogP contribution in [0, 0.1) is 0 Å². The van der Waals surface area contributed by atoms with E-state index in [-0.39, 0.29) is 5.91 Å². The molecule has 1 N–H and O–H groups in total. The van der Waals surface area contributed by atoms with Crippen molar-refractivity contribution in [2.24, 2.45) is 4.99 Å². The quantitative estimate of drug-likeness (QED) is 0.682. The number of nitrogens with zero attached hydrogens (tertiary/aromatic N) is 5. The van der Waals surface area contributed by atoms with Crippen molar-refractivity contribution in [1.82, 2.24) is 25.5 Å². The lowest BCUT2D eigenvalue weighted by Gasteiger charge is -2.22. The average molecular weight is 412 g/mol. The number of hydrogen-bond acceptors (Lipinski definition) is 5. The fourth-order valence-electron chi connectivity index (χ4n) is 4.58. The minimum absolute atomic E-state index is 0.144. The zero-order valence-electron chi connectivity index (χ0n) is 17.5. The lowest BCUT2D eigenvalue weighted by molar-refractivity contribution is -0.131. The molecule has 1 aliphatic carbocycles. The highest BCUT2D eigenvalue weighted by atomic mass is 16.2. The summed E-state index contributed by atoms with van der Waals surface area (Å²) in [7, 11) is 0. The number of aromatic amines is 1. The summed E-state index contributed by atoms with van der Waals surface area (Å²) in [6.45, 7) is 2.48. The maximum Gasteiger partial charge on any atom is 0.256 e. The summed E-state index contributed by atoms with van der Waals surface area (Å²) >= 11 is 0. The Labute approximate surface area is 180 Å². The van der Waals surface area contributed by atoms with Gasteiger partial charge in [-0.2, -0.15) is 0 Å². The van der Waals surface area contributed by atoms with Crippen molar-refractivity contribution in [2.45, 2.75) is 44.7 Å². The first-order valence-corrected chi connectivity index (χ1v) is 10.7. The van der Waals surface area contributed by atoms with E-state index in [1.807, 2.05) is 42.2 Å². The van der Waals surface area contributed by atoms with Crippen LogP contribution >= 0.6 is 0 Å². The molecular formula is C24H24N6O. The number of allylic oxidation sites excluding steroid dienone is 1. The van der Waals surface area contributed by atoms with Gasteiger partial charge in [-0.25, -0.2) is 5.10 Å². The number of amides is 1. The summed E-state index contributed by atoms with van der Waals surface area (Å²) < 4.78 is 0. The molecule has 5 rings (SSSR count). The van der Waals surface area contributed by atoms with Gasteiger partial charge in [0.15, 0.2) is 5.82 Å². The molecule has 7 nitrogen and oxygen atoms in total. The maximum atomic E-state index is 13.2. The third-order valence-corrected chi connectivity index (χ3v) is 6.13. The Kier molecular flexibility index (Phi) is 4.94. The first-order chi connectivity index (χ1) is 15.2. The Hall–Kier alpha value is -3.61. The molecule has 1 aromatic heterocycles. The molecule has 1 amide bonds. The third-order valence-electron chi connectivity index (χ3n) is 6.13. The zero-order valence-corrected chi connectivity index (χ0v) is 17.5. The fraction of sp³-hybridized carbons (Fsp3) is 0.292. The fourth-order valence-corrected chi connectivity index (χ4v) is 4.58. The van der Waals surface area contributed by atoms with E-state index in [1.54, 1.807) is 0 Å². The summed E-state index contributed by atoms with van der Waals surface area (Å²) in [5.41, 5.74) is 3.60. The molecule has 0 radical (unpaired) electrons. The van der Waals surface area contributed by atoms with Crippen LogP contribution in [-0.2, 0) is 11.3 Å².